The lowest BCUT2D eigenvalue weighted by Crippen LogP contribution is -2.17. The van der Waals surface area contributed by atoms with Crippen LogP contribution in [-0.2, 0) is 19.6 Å². The van der Waals surface area contributed by atoms with Gasteiger partial charge in [0.25, 0.3) is 16.0 Å². The summed E-state index contributed by atoms with van der Waals surface area (Å²) in [7, 11) is -2.70. The van der Waals surface area contributed by atoms with Crippen molar-refractivity contribution in [1.82, 2.24) is 5.32 Å². The SMILES string of the molecule is COCCCN/C=C(/C#N)C(=O)Nc1ccc(S(=O)(=O)O)cc1. The fourth-order valence-electron chi connectivity index (χ4n) is 1.55. The van der Waals surface area contributed by atoms with Crippen molar-refractivity contribution in [2.75, 3.05) is 25.6 Å². The first-order valence-corrected chi connectivity index (χ1v) is 8.04. The Morgan fingerprint density at radius 2 is 2.04 bits per heavy atom. The maximum Gasteiger partial charge on any atom is 0.294 e. The van der Waals surface area contributed by atoms with Gasteiger partial charge in [-0.15, -0.1) is 0 Å². The Labute approximate surface area is 134 Å². The summed E-state index contributed by atoms with van der Waals surface area (Å²) in [6.45, 7) is 1.12. The molecule has 0 fully saturated rings. The van der Waals surface area contributed by atoms with E-state index in [1.54, 1.807) is 13.2 Å². The quantitative estimate of drug-likeness (QED) is 0.278. The number of carbonyl (C=O) groups is 1. The highest BCUT2D eigenvalue weighted by atomic mass is 32.2. The molecule has 8 nitrogen and oxygen atoms in total. The van der Waals surface area contributed by atoms with Gasteiger partial charge in [0.1, 0.15) is 11.6 Å². The third kappa shape index (κ3) is 6.48. The number of anilines is 1. The fourth-order valence-corrected chi connectivity index (χ4v) is 2.03. The highest BCUT2D eigenvalue weighted by molar-refractivity contribution is 7.85. The van der Waals surface area contributed by atoms with E-state index in [1.165, 1.54) is 18.3 Å². The number of rotatable bonds is 8. The molecule has 0 unspecified atom stereocenters. The molecule has 0 spiro atoms. The lowest BCUT2D eigenvalue weighted by atomic mass is 10.2. The van der Waals surface area contributed by atoms with Gasteiger partial charge in [-0.05, 0) is 30.7 Å². The van der Waals surface area contributed by atoms with Crippen molar-refractivity contribution in [2.24, 2.45) is 0 Å². The van der Waals surface area contributed by atoms with Crippen molar-refractivity contribution in [3.8, 4) is 6.07 Å². The summed E-state index contributed by atoms with van der Waals surface area (Å²) in [5, 5.41) is 14.3. The van der Waals surface area contributed by atoms with Crippen LogP contribution >= 0.6 is 0 Å². The number of ether oxygens (including phenoxy) is 1. The van der Waals surface area contributed by atoms with Crippen molar-refractivity contribution in [3.63, 3.8) is 0 Å². The molecule has 0 heterocycles. The number of hydrogen-bond acceptors (Lipinski definition) is 6. The predicted molar refractivity (Wildman–Crippen MR) is 83.1 cm³/mol. The molecular weight excluding hydrogens is 322 g/mol. The number of nitrogens with zero attached hydrogens (tertiary/aromatic N) is 1. The van der Waals surface area contributed by atoms with Crippen LogP contribution in [0.4, 0.5) is 5.69 Å². The Balaban J connectivity index is 2.66. The summed E-state index contributed by atoms with van der Waals surface area (Å²) in [6.07, 6.45) is 2.03. The molecule has 3 N–H and O–H groups in total. The molecule has 1 aromatic rings. The minimum Gasteiger partial charge on any atom is -0.390 e. The molecule has 0 aromatic heterocycles. The summed E-state index contributed by atoms with van der Waals surface area (Å²) in [5.74, 6) is -0.633. The standard InChI is InChI=1S/C14H17N3O5S/c1-22-8-2-7-16-10-11(9-15)14(18)17-12-3-5-13(6-4-12)23(19,20)21/h3-6,10,16H,2,7-8H2,1H3,(H,17,18)(H,19,20,21)/b11-10-. The smallest absolute Gasteiger partial charge is 0.294 e. The van der Waals surface area contributed by atoms with E-state index in [1.807, 2.05) is 0 Å². The average molecular weight is 339 g/mol. The molecule has 1 aromatic carbocycles. The second kappa shape index (κ2) is 8.89. The summed E-state index contributed by atoms with van der Waals surface area (Å²) >= 11 is 0. The molecule has 124 valence electrons. The Morgan fingerprint density at radius 1 is 1.39 bits per heavy atom. The van der Waals surface area contributed by atoms with Crippen LogP contribution in [0.25, 0.3) is 0 Å². The van der Waals surface area contributed by atoms with Crippen molar-refractivity contribution in [1.29, 1.82) is 5.26 Å². The second-order valence-corrected chi connectivity index (χ2v) is 5.85. The van der Waals surface area contributed by atoms with Gasteiger partial charge in [-0.1, -0.05) is 0 Å². The molecule has 0 aliphatic heterocycles. The maximum atomic E-state index is 11.9. The first-order chi connectivity index (χ1) is 10.9. The molecule has 0 radical (unpaired) electrons. The van der Waals surface area contributed by atoms with E-state index >= 15 is 0 Å². The predicted octanol–water partition coefficient (Wildman–Crippen LogP) is 0.905. The Bertz CT molecular complexity index is 705. The molecule has 0 saturated heterocycles. The highest BCUT2D eigenvalue weighted by Gasteiger charge is 2.11. The van der Waals surface area contributed by atoms with E-state index in [2.05, 4.69) is 10.6 Å². The topological polar surface area (TPSA) is 129 Å². The first-order valence-electron chi connectivity index (χ1n) is 6.60. The number of nitrogens with one attached hydrogen (secondary N) is 2. The zero-order valence-corrected chi connectivity index (χ0v) is 13.3. The van der Waals surface area contributed by atoms with Gasteiger partial charge in [0.15, 0.2) is 0 Å². The highest BCUT2D eigenvalue weighted by Crippen LogP contribution is 2.14. The third-order valence-electron chi connectivity index (χ3n) is 2.69. The van der Waals surface area contributed by atoms with E-state index < -0.39 is 16.0 Å². The molecule has 0 bridgehead atoms. The Kier molecular flexibility index (Phi) is 7.21. The minimum absolute atomic E-state index is 0.124. The van der Waals surface area contributed by atoms with E-state index in [0.717, 1.165) is 18.6 Å². The number of methoxy groups -OCH3 is 1. The van der Waals surface area contributed by atoms with Gasteiger partial charge >= 0.3 is 0 Å². The van der Waals surface area contributed by atoms with E-state index in [0.29, 0.717) is 18.8 Å². The zero-order valence-electron chi connectivity index (χ0n) is 12.4. The first kappa shape index (κ1) is 18.6. The van der Waals surface area contributed by atoms with Gasteiger partial charge in [0.05, 0.1) is 4.90 Å². The fraction of sp³-hybridized carbons (Fsp3) is 0.286. The summed E-state index contributed by atoms with van der Waals surface area (Å²) < 4.78 is 35.6. The van der Waals surface area contributed by atoms with Crippen LogP contribution in [0.5, 0.6) is 0 Å². The maximum absolute atomic E-state index is 11.9. The number of hydrogen-bond donors (Lipinski definition) is 3. The number of carbonyl (C=O) groups excluding carboxylic acids is 1. The monoisotopic (exact) mass is 339 g/mol. The molecule has 0 atom stereocenters. The number of amides is 1. The van der Waals surface area contributed by atoms with Gasteiger partial charge in [-0.3, -0.25) is 9.35 Å². The van der Waals surface area contributed by atoms with Gasteiger partial charge in [-0.25, -0.2) is 0 Å². The van der Waals surface area contributed by atoms with Crippen molar-refractivity contribution >= 4 is 21.7 Å². The molecule has 0 aliphatic carbocycles. The lowest BCUT2D eigenvalue weighted by Gasteiger charge is -2.06. The molecular formula is C14H17N3O5S. The van der Waals surface area contributed by atoms with Gasteiger partial charge in [-0.2, -0.15) is 13.7 Å². The van der Waals surface area contributed by atoms with Gasteiger partial charge in [0.2, 0.25) is 0 Å². The zero-order chi connectivity index (χ0) is 17.3. The largest absolute Gasteiger partial charge is 0.390 e. The van der Waals surface area contributed by atoms with E-state index in [9.17, 15) is 13.2 Å². The molecule has 0 aliphatic rings. The van der Waals surface area contributed by atoms with Crippen LogP contribution in [-0.4, -0.2) is 39.1 Å². The van der Waals surface area contributed by atoms with Crippen molar-refractivity contribution in [2.45, 2.75) is 11.3 Å². The molecule has 1 rings (SSSR count). The van der Waals surface area contributed by atoms with Crippen LogP contribution in [0.3, 0.4) is 0 Å². The van der Waals surface area contributed by atoms with Crippen LogP contribution in [0.1, 0.15) is 6.42 Å². The average Bonchev–Trinajstić information content (AvgIpc) is 2.50. The van der Waals surface area contributed by atoms with Gasteiger partial charge < -0.3 is 15.4 Å². The van der Waals surface area contributed by atoms with Crippen molar-refractivity contribution < 1.29 is 22.5 Å². The van der Waals surface area contributed by atoms with Crippen LogP contribution in [0.2, 0.25) is 0 Å². The Hall–Kier alpha value is -2.41. The Morgan fingerprint density at radius 3 is 2.57 bits per heavy atom. The van der Waals surface area contributed by atoms with Crippen LogP contribution in [0, 0.1) is 11.3 Å². The molecule has 23 heavy (non-hydrogen) atoms. The van der Waals surface area contributed by atoms with Crippen LogP contribution in [0.15, 0.2) is 40.9 Å². The van der Waals surface area contributed by atoms with Crippen LogP contribution < -0.4 is 10.6 Å². The molecule has 0 saturated carbocycles. The van der Waals surface area contributed by atoms with E-state index in [4.69, 9.17) is 14.6 Å². The summed E-state index contributed by atoms with van der Waals surface area (Å²) in [5.41, 5.74) is 0.171. The summed E-state index contributed by atoms with van der Waals surface area (Å²) in [4.78, 5) is 11.6. The number of benzene rings is 1. The van der Waals surface area contributed by atoms with Gasteiger partial charge in [0, 0.05) is 32.1 Å². The molecule has 9 heteroatoms. The van der Waals surface area contributed by atoms with E-state index in [-0.39, 0.29) is 10.5 Å². The van der Waals surface area contributed by atoms with Crippen molar-refractivity contribution in [3.05, 3.63) is 36.0 Å². The normalized spacial score (nSPS) is 11.6. The lowest BCUT2D eigenvalue weighted by molar-refractivity contribution is -0.112. The summed E-state index contributed by atoms with van der Waals surface area (Å²) in [6, 6.07) is 6.67. The third-order valence-corrected chi connectivity index (χ3v) is 3.56. The second-order valence-electron chi connectivity index (χ2n) is 4.42. The number of nitriles is 1. The molecule has 1 amide bonds. The minimum atomic E-state index is -4.29.